The van der Waals surface area contributed by atoms with Crippen molar-refractivity contribution in [3.8, 4) is 0 Å². The lowest BCUT2D eigenvalue weighted by Gasteiger charge is -2.20. The van der Waals surface area contributed by atoms with Gasteiger partial charge < -0.3 is 5.73 Å². The maximum Gasteiger partial charge on any atom is -0.00772 e. The maximum atomic E-state index is 5.57. The van der Waals surface area contributed by atoms with Gasteiger partial charge in [0.1, 0.15) is 0 Å². The summed E-state index contributed by atoms with van der Waals surface area (Å²) < 4.78 is 0. The fourth-order valence-corrected chi connectivity index (χ4v) is 3.10. The monoisotopic (exact) mass is 183 g/mol. The summed E-state index contributed by atoms with van der Waals surface area (Å²) in [5.41, 5.74) is 5.57. The van der Waals surface area contributed by atoms with Crippen LogP contribution in [0.2, 0.25) is 0 Å². The van der Waals surface area contributed by atoms with Gasteiger partial charge in [-0.1, -0.05) is 27.7 Å². The van der Waals surface area contributed by atoms with Crippen molar-refractivity contribution >= 4 is 0 Å². The van der Waals surface area contributed by atoms with Gasteiger partial charge in [0, 0.05) is 0 Å². The van der Waals surface area contributed by atoms with Gasteiger partial charge >= 0.3 is 0 Å². The van der Waals surface area contributed by atoms with Crippen molar-refractivity contribution in [2.75, 3.05) is 6.54 Å². The number of hydrogen-bond donors (Lipinski definition) is 1. The van der Waals surface area contributed by atoms with E-state index in [9.17, 15) is 0 Å². The number of rotatable bonds is 3. The van der Waals surface area contributed by atoms with Crippen molar-refractivity contribution in [1.82, 2.24) is 0 Å². The maximum absolute atomic E-state index is 5.57. The first kappa shape index (κ1) is 11.0. The second kappa shape index (κ2) is 4.45. The van der Waals surface area contributed by atoms with Crippen LogP contribution in [-0.4, -0.2) is 6.54 Å². The third-order valence-corrected chi connectivity index (χ3v) is 4.58. The zero-order valence-corrected chi connectivity index (χ0v) is 9.59. The molecular formula is C12H25N. The molecule has 0 spiro atoms. The van der Waals surface area contributed by atoms with Gasteiger partial charge in [-0.25, -0.2) is 0 Å². The molecule has 78 valence electrons. The summed E-state index contributed by atoms with van der Waals surface area (Å²) in [6.45, 7) is 10.5. The van der Waals surface area contributed by atoms with Crippen molar-refractivity contribution in [2.45, 2.75) is 40.5 Å². The lowest BCUT2D eigenvalue weighted by atomic mass is 9.85. The van der Waals surface area contributed by atoms with E-state index in [1.54, 1.807) is 0 Å². The van der Waals surface area contributed by atoms with Crippen LogP contribution in [0.1, 0.15) is 40.5 Å². The molecule has 4 unspecified atom stereocenters. The average Bonchev–Trinajstić information content (AvgIpc) is 2.30. The Labute approximate surface area is 83.1 Å². The minimum Gasteiger partial charge on any atom is -0.330 e. The normalized spacial score (nSPS) is 45.5. The molecule has 1 nitrogen and oxygen atoms in total. The Morgan fingerprint density at radius 2 is 1.31 bits per heavy atom. The molecule has 0 bridgehead atoms. The van der Waals surface area contributed by atoms with Crippen LogP contribution in [0.4, 0.5) is 0 Å². The quantitative estimate of drug-likeness (QED) is 0.715. The summed E-state index contributed by atoms with van der Waals surface area (Å²) in [5.74, 6) is 4.53. The van der Waals surface area contributed by atoms with Gasteiger partial charge in [0.2, 0.25) is 0 Å². The van der Waals surface area contributed by atoms with E-state index in [1.807, 2.05) is 0 Å². The molecule has 2 N–H and O–H groups in total. The van der Waals surface area contributed by atoms with E-state index in [0.29, 0.717) is 0 Å². The number of hydrogen-bond acceptors (Lipinski definition) is 1. The summed E-state index contributed by atoms with van der Waals surface area (Å²) in [5, 5.41) is 0. The van der Waals surface area contributed by atoms with E-state index in [4.69, 9.17) is 5.73 Å². The summed E-state index contributed by atoms with van der Waals surface area (Å²) in [6.07, 6.45) is 2.55. The van der Waals surface area contributed by atoms with Gasteiger partial charge in [0.15, 0.2) is 0 Å². The van der Waals surface area contributed by atoms with Gasteiger partial charge in [-0.15, -0.1) is 0 Å². The van der Waals surface area contributed by atoms with E-state index in [1.165, 1.54) is 12.8 Å². The highest BCUT2D eigenvalue weighted by molar-refractivity contribution is 4.89. The van der Waals surface area contributed by atoms with Gasteiger partial charge in [-0.05, 0) is 49.0 Å². The predicted octanol–water partition coefficient (Wildman–Crippen LogP) is 2.90. The molecule has 1 fully saturated rings. The van der Waals surface area contributed by atoms with Crippen LogP contribution in [0.25, 0.3) is 0 Å². The van der Waals surface area contributed by atoms with E-state index < -0.39 is 0 Å². The largest absolute Gasteiger partial charge is 0.330 e. The fourth-order valence-electron chi connectivity index (χ4n) is 3.10. The zero-order chi connectivity index (χ0) is 10.0. The molecule has 0 saturated heterocycles. The predicted molar refractivity (Wildman–Crippen MR) is 58.4 cm³/mol. The highest BCUT2D eigenvalue weighted by Gasteiger charge is 2.40. The van der Waals surface area contributed by atoms with Crippen LogP contribution in [-0.2, 0) is 0 Å². The minimum atomic E-state index is 0.860. The Morgan fingerprint density at radius 3 is 1.69 bits per heavy atom. The molecule has 1 aliphatic rings. The Kier molecular flexibility index (Phi) is 3.78. The average molecular weight is 183 g/mol. The van der Waals surface area contributed by atoms with Crippen molar-refractivity contribution in [1.29, 1.82) is 0 Å². The van der Waals surface area contributed by atoms with Crippen LogP contribution < -0.4 is 5.73 Å². The van der Waals surface area contributed by atoms with Crippen molar-refractivity contribution in [3.05, 3.63) is 0 Å². The first-order valence-electron chi connectivity index (χ1n) is 5.79. The second-order valence-electron chi connectivity index (χ2n) is 5.03. The molecule has 0 amide bonds. The zero-order valence-electron chi connectivity index (χ0n) is 9.59. The third kappa shape index (κ3) is 2.07. The first-order valence-corrected chi connectivity index (χ1v) is 5.79. The molecule has 1 aliphatic carbocycles. The smallest absolute Gasteiger partial charge is 0.00772 e. The van der Waals surface area contributed by atoms with Gasteiger partial charge in [-0.3, -0.25) is 0 Å². The minimum absolute atomic E-state index is 0.860. The Hall–Kier alpha value is -0.0400. The lowest BCUT2D eigenvalue weighted by Crippen LogP contribution is -2.14. The fraction of sp³-hybridized carbons (Fsp3) is 1.00. The van der Waals surface area contributed by atoms with E-state index in [2.05, 4.69) is 27.7 Å². The Morgan fingerprint density at radius 1 is 0.846 bits per heavy atom. The molecule has 0 aliphatic heterocycles. The Balaban J connectivity index is 2.53. The van der Waals surface area contributed by atoms with Gasteiger partial charge in [0.25, 0.3) is 0 Å². The standard InChI is InChI=1S/C12H25N/c1-8-9(2)11(4)12(10(8)3)6-5-7-13/h8-12H,5-7,13H2,1-4H3. The summed E-state index contributed by atoms with van der Waals surface area (Å²) in [6, 6.07) is 0. The highest BCUT2D eigenvalue weighted by atomic mass is 14.5. The molecule has 0 heterocycles. The molecule has 0 aromatic rings. The first-order chi connectivity index (χ1) is 6.09. The summed E-state index contributed by atoms with van der Waals surface area (Å²) >= 11 is 0. The van der Waals surface area contributed by atoms with Crippen LogP contribution >= 0.6 is 0 Å². The number of nitrogens with two attached hydrogens (primary N) is 1. The summed E-state index contributed by atoms with van der Waals surface area (Å²) in [7, 11) is 0. The molecule has 4 atom stereocenters. The summed E-state index contributed by atoms with van der Waals surface area (Å²) in [4.78, 5) is 0. The van der Waals surface area contributed by atoms with E-state index >= 15 is 0 Å². The SMILES string of the molecule is CC1C(C)C(C)C(CCCN)C1C. The van der Waals surface area contributed by atoms with E-state index in [-0.39, 0.29) is 0 Å². The van der Waals surface area contributed by atoms with Crippen molar-refractivity contribution in [3.63, 3.8) is 0 Å². The molecule has 0 radical (unpaired) electrons. The third-order valence-electron chi connectivity index (χ3n) is 4.58. The van der Waals surface area contributed by atoms with Crippen LogP contribution in [0.15, 0.2) is 0 Å². The molecule has 1 saturated carbocycles. The lowest BCUT2D eigenvalue weighted by molar-refractivity contribution is 0.295. The van der Waals surface area contributed by atoms with Crippen LogP contribution in [0, 0.1) is 29.6 Å². The molecular weight excluding hydrogens is 158 g/mol. The Bertz CT molecular complexity index is 141. The molecule has 13 heavy (non-hydrogen) atoms. The second-order valence-corrected chi connectivity index (χ2v) is 5.03. The van der Waals surface area contributed by atoms with Crippen molar-refractivity contribution in [2.24, 2.45) is 35.3 Å². The molecule has 1 heteroatoms. The topological polar surface area (TPSA) is 26.0 Å². The van der Waals surface area contributed by atoms with Crippen LogP contribution in [0.5, 0.6) is 0 Å². The van der Waals surface area contributed by atoms with E-state index in [0.717, 1.165) is 36.1 Å². The molecule has 0 aromatic heterocycles. The highest BCUT2D eigenvalue weighted by Crippen LogP contribution is 2.47. The molecule has 1 rings (SSSR count). The molecule has 0 aromatic carbocycles. The van der Waals surface area contributed by atoms with Crippen LogP contribution in [0.3, 0.4) is 0 Å². The van der Waals surface area contributed by atoms with Gasteiger partial charge in [-0.2, -0.15) is 0 Å². The van der Waals surface area contributed by atoms with Gasteiger partial charge in [0.05, 0.1) is 0 Å². The van der Waals surface area contributed by atoms with Crippen molar-refractivity contribution < 1.29 is 0 Å².